The Kier molecular flexibility index (Phi) is 6.64. The van der Waals surface area contributed by atoms with E-state index in [1.54, 1.807) is 12.1 Å². The normalized spacial score (nSPS) is 12.9. The van der Waals surface area contributed by atoms with Gasteiger partial charge in [-0.25, -0.2) is 0 Å². The van der Waals surface area contributed by atoms with Crippen molar-refractivity contribution in [3.8, 4) is 17.9 Å². The van der Waals surface area contributed by atoms with Crippen molar-refractivity contribution in [2.45, 2.75) is 44.6 Å². The molecule has 1 atom stereocenters. The standard InChI is InChI=1S/C16H18BrNO/c1-2-3-4-5-6-7-12-16(19,13-18)14-8-10-15(17)11-9-14/h8-11,19H,2-4,7,12H2,1H3. The van der Waals surface area contributed by atoms with Crippen LogP contribution in [0.15, 0.2) is 28.7 Å². The summed E-state index contributed by atoms with van der Waals surface area (Å²) in [6.07, 6.45) is 3.99. The molecule has 0 aliphatic rings. The molecule has 19 heavy (non-hydrogen) atoms. The molecule has 0 aliphatic carbocycles. The summed E-state index contributed by atoms with van der Waals surface area (Å²) >= 11 is 3.34. The topological polar surface area (TPSA) is 44.0 Å². The number of halogens is 1. The first-order valence-electron chi connectivity index (χ1n) is 6.48. The predicted molar refractivity (Wildman–Crippen MR) is 80.2 cm³/mol. The zero-order valence-electron chi connectivity index (χ0n) is 11.1. The molecule has 0 saturated heterocycles. The summed E-state index contributed by atoms with van der Waals surface area (Å²) in [6.45, 7) is 2.13. The molecule has 1 aromatic carbocycles. The third-order valence-electron chi connectivity index (χ3n) is 2.90. The third kappa shape index (κ3) is 5.07. The Balaban J connectivity index is 2.63. The van der Waals surface area contributed by atoms with E-state index in [2.05, 4.69) is 34.7 Å². The van der Waals surface area contributed by atoms with Gasteiger partial charge in [0, 0.05) is 23.7 Å². The maximum Gasteiger partial charge on any atom is 0.177 e. The van der Waals surface area contributed by atoms with E-state index in [0.29, 0.717) is 18.4 Å². The Labute approximate surface area is 123 Å². The lowest BCUT2D eigenvalue weighted by Gasteiger charge is -2.19. The smallest absolute Gasteiger partial charge is 0.177 e. The molecule has 1 rings (SSSR count). The van der Waals surface area contributed by atoms with Crippen LogP contribution in [-0.2, 0) is 5.60 Å². The Hall–Kier alpha value is -1.29. The highest BCUT2D eigenvalue weighted by Crippen LogP contribution is 2.26. The molecular weight excluding hydrogens is 302 g/mol. The number of benzene rings is 1. The minimum atomic E-state index is -1.44. The molecule has 0 aliphatic heterocycles. The molecule has 0 saturated carbocycles. The van der Waals surface area contributed by atoms with Crippen LogP contribution in [0.25, 0.3) is 0 Å². The molecule has 0 heterocycles. The second-order valence-corrected chi connectivity index (χ2v) is 5.35. The molecule has 100 valence electrons. The Morgan fingerprint density at radius 2 is 1.84 bits per heavy atom. The Morgan fingerprint density at radius 1 is 1.21 bits per heavy atom. The summed E-state index contributed by atoms with van der Waals surface area (Å²) in [5, 5.41) is 19.5. The van der Waals surface area contributed by atoms with Crippen LogP contribution >= 0.6 is 15.9 Å². The first kappa shape index (κ1) is 15.8. The number of nitriles is 1. The zero-order valence-corrected chi connectivity index (χ0v) is 12.7. The average molecular weight is 320 g/mol. The molecular formula is C16H18BrNO. The van der Waals surface area contributed by atoms with Gasteiger partial charge in [-0.2, -0.15) is 5.26 Å². The number of nitrogens with zero attached hydrogens (tertiary/aromatic N) is 1. The fourth-order valence-electron chi connectivity index (χ4n) is 1.68. The quantitative estimate of drug-likeness (QED) is 0.503. The van der Waals surface area contributed by atoms with Crippen molar-refractivity contribution >= 4 is 15.9 Å². The van der Waals surface area contributed by atoms with E-state index in [1.807, 2.05) is 18.2 Å². The van der Waals surface area contributed by atoms with Crippen molar-refractivity contribution in [1.82, 2.24) is 0 Å². The number of rotatable bonds is 5. The van der Waals surface area contributed by atoms with Crippen LogP contribution in [0.2, 0.25) is 0 Å². The maximum atomic E-state index is 10.3. The lowest BCUT2D eigenvalue weighted by molar-refractivity contribution is 0.0896. The van der Waals surface area contributed by atoms with Crippen molar-refractivity contribution in [3.63, 3.8) is 0 Å². The van der Waals surface area contributed by atoms with E-state index in [4.69, 9.17) is 0 Å². The van der Waals surface area contributed by atoms with Crippen LogP contribution in [0, 0.1) is 23.2 Å². The van der Waals surface area contributed by atoms with Crippen LogP contribution < -0.4 is 0 Å². The highest BCUT2D eigenvalue weighted by Gasteiger charge is 2.28. The summed E-state index contributed by atoms with van der Waals surface area (Å²) in [5.74, 6) is 6.09. The fourth-order valence-corrected chi connectivity index (χ4v) is 1.94. The second-order valence-electron chi connectivity index (χ2n) is 4.44. The van der Waals surface area contributed by atoms with E-state index in [9.17, 15) is 10.4 Å². The Morgan fingerprint density at radius 3 is 2.42 bits per heavy atom. The number of aliphatic hydroxyl groups is 1. The lowest BCUT2D eigenvalue weighted by Crippen LogP contribution is -2.23. The van der Waals surface area contributed by atoms with Gasteiger partial charge in [0.2, 0.25) is 0 Å². The van der Waals surface area contributed by atoms with Crippen molar-refractivity contribution in [3.05, 3.63) is 34.3 Å². The molecule has 1 unspecified atom stereocenters. The summed E-state index contributed by atoms with van der Waals surface area (Å²) in [4.78, 5) is 0. The number of unbranched alkanes of at least 4 members (excludes halogenated alkanes) is 2. The van der Waals surface area contributed by atoms with Crippen molar-refractivity contribution in [1.29, 1.82) is 5.26 Å². The van der Waals surface area contributed by atoms with Crippen LogP contribution in [0.4, 0.5) is 0 Å². The van der Waals surface area contributed by atoms with E-state index < -0.39 is 5.60 Å². The van der Waals surface area contributed by atoms with Gasteiger partial charge in [0.25, 0.3) is 0 Å². The molecule has 3 heteroatoms. The van der Waals surface area contributed by atoms with Crippen LogP contribution in [0.3, 0.4) is 0 Å². The van der Waals surface area contributed by atoms with Gasteiger partial charge < -0.3 is 5.11 Å². The minimum Gasteiger partial charge on any atom is -0.371 e. The van der Waals surface area contributed by atoms with E-state index in [-0.39, 0.29) is 0 Å². The minimum absolute atomic E-state index is 0.338. The monoisotopic (exact) mass is 319 g/mol. The molecule has 1 N–H and O–H groups in total. The molecule has 0 fully saturated rings. The molecule has 0 bridgehead atoms. The van der Waals surface area contributed by atoms with Crippen molar-refractivity contribution in [2.24, 2.45) is 0 Å². The van der Waals surface area contributed by atoms with Crippen LogP contribution in [0.5, 0.6) is 0 Å². The van der Waals surface area contributed by atoms with E-state index in [1.165, 1.54) is 0 Å². The average Bonchev–Trinajstić information content (AvgIpc) is 2.43. The second kappa shape index (κ2) is 8.00. The van der Waals surface area contributed by atoms with Gasteiger partial charge in [0.1, 0.15) is 6.07 Å². The Bertz CT molecular complexity index is 492. The molecule has 1 aromatic rings. The van der Waals surface area contributed by atoms with Gasteiger partial charge in [-0.15, -0.1) is 11.8 Å². The molecule has 0 aromatic heterocycles. The molecule has 0 spiro atoms. The zero-order chi connectivity index (χ0) is 14.1. The molecule has 0 amide bonds. The molecule has 2 nitrogen and oxygen atoms in total. The maximum absolute atomic E-state index is 10.3. The number of hydrogen-bond acceptors (Lipinski definition) is 2. The van der Waals surface area contributed by atoms with Gasteiger partial charge in [0.15, 0.2) is 5.60 Å². The third-order valence-corrected chi connectivity index (χ3v) is 3.43. The summed E-state index contributed by atoms with van der Waals surface area (Å²) in [7, 11) is 0. The fraction of sp³-hybridized carbons (Fsp3) is 0.438. The summed E-state index contributed by atoms with van der Waals surface area (Å²) in [6, 6.07) is 9.16. The van der Waals surface area contributed by atoms with Gasteiger partial charge >= 0.3 is 0 Å². The van der Waals surface area contributed by atoms with Crippen LogP contribution in [-0.4, -0.2) is 5.11 Å². The van der Waals surface area contributed by atoms with E-state index in [0.717, 1.165) is 23.7 Å². The van der Waals surface area contributed by atoms with Gasteiger partial charge in [0.05, 0.1) is 0 Å². The first-order chi connectivity index (χ1) is 9.12. The SMILES string of the molecule is CCCCC#CCCC(O)(C#N)c1ccc(Br)cc1. The highest BCUT2D eigenvalue weighted by atomic mass is 79.9. The number of hydrogen-bond donors (Lipinski definition) is 1. The summed E-state index contributed by atoms with van der Waals surface area (Å²) < 4.78 is 0.927. The van der Waals surface area contributed by atoms with Gasteiger partial charge in [-0.3, -0.25) is 0 Å². The van der Waals surface area contributed by atoms with Crippen molar-refractivity contribution < 1.29 is 5.11 Å². The van der Waals surface area contributed by atoms with Crippen LogP contribution in [0.1, 0.15) is 44.6 Å². The highest BCUT2D eigenvalue weighted by molar-refractivity contribution is 9.10. The van der Waals surface area contributed by atoms with Gasteiger partial charge in [-0.1, -0.05) is 41.4 Å². The lowest BCUT2D eigenvalue weighted by atomic mass is 9.91. The van der Waals surface area contributed by atoms with Crippen molar-refractivity contribution in [2.75, 3.05) is 0 Å². The largest absolute Gasteiger partial charge is 0.371 e. The first-order valence-corrected chi connectivity index (χ1v) is 7.27. The van der Waals surface area contributed by atoms with E-state index >= 15 is 0 Å². The molecule has 0 radical (unpaired) electrons. The summed E-state index contributed by atoms with van der Waals surface area (Å²) in [5.41, 5.74) is -0.825. The predicted octanol–water partition coefficient (Wildman–Crippen LogP) is 4.13. The van der Waals surface area contributed by atoms with Gasteiger partial charge in [-0.05, 0) is 24.1 Å².